The summed E-state index contributed by atoms with van der Waals surface area (Å²) in [6.07, 6.45) is 9.60. The summed E-state index contributed by atoms with van der Waals surface area (Å²) in [6, 6.07) is 0. The molecular formula is C9H12O. The fraction of sp³-hybridized carbons (Fsp3) is 0.556. The van der Waals surface area contributed by atoms with E-state index in [2.05, 4.69) is 25.2 Å². The van der Waals surface area contributed by atoms with E-state index in [0.29, 0.717) is 12.2 Å². The van der Waals surface area contributed by atoms with E-state index in [1.54, 1.807) is 5.57 Å². The van der Waals surface area contributed by atoms with Crippen LogP contribution in [-0.2, 0) is 4.74 Å². The first kappa shape index (κ1) is 6.17. The van der Waals surface area contributed by atoms with Crippen molar-refractivity contribution in [2.24, 2.45) is 0 Å². The van der Waals surface area contributed by atoms with Gasteiger partial charge in [-0.3, -0.25) is 0 Å². The molecule has 1 heteroatoms. The quantitative estimate of drug-likeness (QED) is 0.463. The van der Waals surface area contributed by atoms with Crippen molar-refractivity contribution in [2.75, 3.05) is 0 Å². The molecule has 2 unspecified atom stereocenters. The Balaban J connectivity index is 2.15. The van der Waals surface area contributed by atoms with E-state index in [0.717, 1.165) is 12.8 Å². The third-order valence-corrected chi connectivity index (χ3v) is 2.22. The molecule has 0 aromatic heterocycles. The number of fused-ring (bicyclic) bond motifs is 2. The van der Waals surface area contributed by atoms with E-state index in [1.165, 1.54) is 0 Å². The summed E-state index contributed by atoms with van der Waals surface area (Å²) >= 11 is 0. The molecular weight excluding hydrogens is 124 g/mol. The molecule has 2 aliphatic heterocycles. The summed E-state index contributed by atoms with van der Waals surface area (Å²) in [7, 11) is 0. The summed E-state index contributed by atoms with van der Waals surface area (Å²) in [4.78, 5) is 0. The maximum Gasteiger partial charge on any atom is 0.0802 e. The molecule has 0 saturated carbocycles. The van der Waals surface area contributed by atoms with Crippen LogP contribution in [0.25, 0.3) is 0 Å². The second kappa shape index (κ2) is 2.24. The van der Waals surface area contributed by atoms with Crippen LogP contribution in [0.3, 0.4) is 0 Å². The molecule has 0 spiro atoms. The van der Waals surface area contributed by atoms with Crippen LogP contribution in [0, 0.1) is 0 Å². The lowest BCUT2D eigenvalue weighted by Gasteiger charge is -2.22. The number of hydrogen-bond acceptors (Lipinski definition) is 1. The smallest absolute Gasteiger partial charge is 0.0802 e. The molecule has 2 aliphatic rings. The van der Waals surface area contributed by atoms with Crippen LogP contribution in [0.5, 0.6) is 0 Å². The van der Waals surface area contributed by atoms with Crippen LogP contribution in [0.1, 0.15) is 19.8 Å². The average Bonchev–Trinajstić information content (AvgIpc) is 2.30. The minimum atomic E-state index is 0.393. The van der Waals surface area contributed by atoms with E-state index in [4.69, 9.17) is 4.74 Å². The highest BCUT2D eigenvalue weighted by Gasteiger charge is 2.26. The molecule has 54 valence electrons. The molecule has 2 atom stereocenters. The zero-order valence-corrected chi connectivity index (χ0v) is 6.21. The molecule has 0 amide bonds. The van der Waals surface area contributed by atoms with Crippen molar-refractivity contribution in [1.29, 1.82) is 0 Å². The first-order valence-electron chi connectivity index (χ1n) is 3.86. The van der Waals surface area contributed by atoms with Gasteiger partial charge in [-0.05, 0) is 19.8 Å². The Kier molecular flexibility index (Phi) is 1.38. The lowest BCUT2D eigenvalue weighted by Crippen LogP contribution is -2.19. The van der Waals surface area contributed by atoms with Gasteiger partial charge in [0, 0.05) is 0 Å². The van der Waals surface area contributed by atoms with Crippen molar-refractivity contribution in [3.05, 3.63) is 23.8 Å². The molecule has 0 radical (unpaired) electrons. The van der Waals surface area contributed by atoms with Gasteiger partial charge in [-0.15, -0.1) is 0 Å². The summed E-state index contributed by atoms with van der Waals surface area (Å²) in [5.74, 6) is 0. The predicted molar refractivity (Wildman–Crippen MR) is 40.8 cm³/mol. The zero-order chi connectivity index (χ0) is 6.97. The van der Waals surface area contributed by atoms with Crippen molar-refractivity contribution in [3.8, 4) is 0 Å². The highest BCUT2D eigenvalue weighted by atomic mass is 16.5. The van der Waals surface area contributed by atoms with Crippen molar-refractivity contribution >= 4 is 0 Å². The molecule has 2 rings (SSSR count). The van der Waals surface area contributed by atoms with Crippen LogP contribution >= 0.6 is 0 Å². The van der Waals surface area contributed by atoms with Gasteiger partial charge < -0.3 is 4.74 Å². The number of allylic oxidation sites excluding steroid dienone is 1. The van der Waals surface area contributed by atoms with Crippen molar-refractivity contribution < 1.29 is 4.74 Å². The first-order valence-corrected chi connectivity index (χ1v) is 3.86. The van der Waals surface area contributed by atoms with E-state index >= 15 is 0 Å². The van der Waals surface area contributed by atoms with Crippen molar-refractivity contribution in [2.45, 2.75) is 32.0 Å². The number of ether oxygens (including phenoxy) is 1. The third-order valence-electron chi connectivity index (χ3n) is 2.22. The minimum Gasteiger partial charge on any atom is -0.366 e. The predicted octanol–water partition coefficient (Wildman–Crippen LogP) is 2.05. The van der Waals surface area contributed by atoms with E-state index in [9.17, 15) is 0 Å². The monoisotopic (exact) mass is 136 g/mol. The van der Waals surface area contributed by atoms with Gasteiger partial charge in [0.25, 0.3) is 0 Å². The molecule has 0 aromatic carbocycles. The Morgan fingerprint density at radius 2 is 2.00 bits per heavy atom. The molecule has 2 heterocycles. The fourth-order valence-electron chi connectivity index (χ4n) is 1.63. The fourth-order valence-corrected chi connectivity index (χ4v) is 1.63. The molecule has 0 aliphatic carbocycles. The maximum absolute atomic E-state index is 5.58. The van der Waals surface area contributed by atoms with Gasteiger partial charge in [0.15, 0.2) is 0 Å². The van der Waals surface area contributed by atoms with Crippen LogP contribution in [0.15, 0.2) is 23.8 Å². The van der Waals surface area contributed by atoms with Crippen LogP contribution in [0.4, 0.5) is 0 Å². The summed E-state index contributed by atoms with van der Waals surface area (Å²) in [5, 5.41) is 0. The standard InChI is InChI=1S/C9H12O/c1-2-7-5-8-3-4-9(6-7)10-8/h2-4,8-9H,5-6H2,1H3. The lowest BCUT2D eigenvalue weighted by molar-refractivity contribution is 0.0410. The SMILES string of the molecule is CC=C1CC2C=CC(C1)O2. The van der Waals surface area contributed by atoms with Crippen LogP contribution in [0.2, 0.25) is 0 Å². The number of rotatable bonds is 0. The molecule has 0 N–H and O–H groups in total. The van der Waals surface area contributed by atoms with E-state index < -0.39 is 0 Å². The van der Waals surface area contributed by atoms with E-state index in [1.807, 2.05) is 0 Å². The summed E-state index contributed by atoms with van der Waals surface area (Å²) < 4.78 is 5.58. The van der Waals surface area contributed by atoms with Gasteiger partial charge >= 0.3 is 0 Å². The lowest BCUT2D eigenvalue weighted by atomic mass is 10.0. The highest BCUT2D eigenvalue weighted by molar-refractivity contribution is 5.18. The molecule has 1 fully saturated rings. The largest absolute Gasteiger partial charge is 0.366 e. The molecule has 1 saturated heterocycles. The molecule has 10 heavy (non-hydrogen) atoms. The van der Waals surface area contributed by atoms with Crippen LogP contribution in [-0.4, -0.2) is 12.2 Å². The van der Waals surface area contributed by atoms with Crippen LogP contribution < -0.4 is 0 Å². The minimum absolute atomic E-state index is 0.393. The van der Waals surface area contributed by atoms with Gasteiger partial charge in [-0.25, -0.2) is 0 Å². The van der Waals surface area contributed by atoms with Gasteiger partial charge in [-0.2, -0.15) is 0 Å². The summed E-state index contributed by atoms with van der Waals surface area (Å²) in [6.45, 7) is 2.11. The topological polar surface area (TPSA) is 9.23 Å². The maximum atomic E-state index is 5.58. The zero-order valence-electron chi connectivity index (χ0n) is 6.21. The molecule has 2 bridgehead atoms. The summed E-state index contributed by atoms with van der Waals surface area (Å²) in [5.41, 5.74) is 1.55. The highest BCUT2D eigenvalue weighted by Crippen LogP contribution is 2.30. The Morgan fingerprint density at radius 1 is 1.40 bits per heavy atom. The van der Waals surface area contributed by atoms with Gasteiger partial charge in [-0.1, -0.05) is 23.8 Å². The Hall–Kier alpha value is -0.560. The van der Waals surface area contributed by atoms with Gasteiger partial charge in [0.1, 0.15) is 0 Å². The second-order valence-electron chi connectivity index (χ2n) is 2.95. The van der Waals surface area contributed by atoms with E-state index in [-0.39, 0.29) is 0 Å². The molecule has 0 aromatic rings. The second-order valence-corrected chi connectivity index (χ2v) is 2.95. The third kappa shape index (κ3) is 0.907. The van der Waals surface area contributed by atoms with Gasteiger partial charge in [0.05, 0.1) is 12.2 Å². The normalized spacial score (nSPS) is 36.7. The number of hydrogen-bond donors (Lipinski definition) is 0. The van der Waals surface area contributed by atoms with Crippen molar-refractivity contribution in [3.63, 3.8) is 0 Å². The Morgan fingerprint density at radius 3 is 2.50 bits per heavy atom. The van der Waals surface area contributed by atoms with Gasteiger partial charge in [0.2, 0.25) is 0 Å². The molecule has 1 nitrogen and oxygen atoms in total. The first-order chi connectivity index (χ1) is 4.88. The average molecular weight is 136 g/mol. The van der Waals surface area contributed by atoms with Crippen molar-refractivity contribution in [1.82, 2.24) is 0 Å². The Labute approximate surface area is 61.4 Å². The Bertz CT molecular complexity index is 175.